The van der Waals surface area contributed by atoms with E-state index < -0.39 is 21.9 Å². The van der Waals surface area contributed by atoms with Gasteiger partial charge in [-0.15, -0.1) is 0 Å². The molecule has 1 aromatic heterocycles. The molecule has 0 atom stereocenters. The third kappa shape index (κ3) is 3.62. The maximum atomic E-state index is 11.7. The Hall–Kier alpha value is -3.23. The standard InChI is InChI=1S/C12H10N4O5/c17-10-5-6-12(19)15(14-10)7-11(18)13-8-1-3-9(4-2-8)16(20)21/h1-6H,7H2,(H,13,18)(H,14,17). The van der Waals surface area contributed by atoms with E-state index >= 15 is 0 Å². The number of H-pyrrole nitrogens is 1. The normalized spacial score (nSPS) is 10.1. The summed E-state index contributed by atoms with van der Waals surface area (Å²) in [6, 6.07) is 7.34. The fourth-order valence-electron chi connectivity index (χ4n) is 1.59. The topological polar surface area (TPSA) is 127 Å². The molecule has 21 heavy (non-hydrogen) atoms. The number of nitrogens with one attached hydrogen (secondary N) is 2. The number of carbonyl (C=O) groups is 1. The molecule has 0 saturated heterocycles. The predicted octanol–water partition coefficient (Wildman–Crippen LogP) is 0.0835. The van der Waals surface area contributed by atoms with Crippen molar-refractivity contribution >= 4 is 17.3 Å². The molecule has 1 heterocycles. The van der Waals surface area contributed by atoms with Crippen LogP contribution in [0.4, 0.5) is 11.4 Å². The van der Waals surface area contributed by atoms with E-state index in [9.17, 15) is 24.5 Å². The van der Waals surface area contributed by atoms with Gasteiger partial charge in [-0.25, -0.2) is 4.68 Å². The van der Waals surface area contributed by atoms with Gasteiger partial charge in [-0.1, -0.05) is 0 Å². The highest BCUT2D eigenvalue weighted by atomic mass is 16.6. The molecule has 0 spiro atoms. The van der Waals surface area contributed by atoms with Crippen molar-refractivity contribution in [3.63, 3.8) is 0 Å². The molecule has 9 nitrogen and oxygen atoms in total. The van der Waals surface area contributed by atoms with E-state index in [4.69, 9.17) is 0 Å². The Labute approximate surface area is 117 Å². The van der Waals surface area contributed by atoms with Gasteiger partial charge < -0.3 is 5.32 Å². The van der Waals surface area contributed by atoms with Gasteiger partial charge in [0.25, 0.3) is 16.8 Å². The molecule has 0 aliphatic heterocycles. The third-order valence-corrected chi connectivity index (χ3v) is 2.55. The monoisotopic (exact) mass is 290 g/mol. The lowest BCUT2D eigenvalue weighted by Gasteiger charge is -2.06. The average molecular weight is 290 g/mol. The molecular weight excluding hydrogens is 280 g/mol. The summed E-state index contributed by atoms with van der Waals surface area (Å²) in [5.41, 5.74) is -0.778. The molecule has 0 bridgehead atoms. The molecule has 0 fully saturated rings. The summed E-state index contributed by atoms with van der Waals surface area (Å²) in [7, 11) is 0. The van der Waals surface area contributed by atoms with Crippen LogP contribution in [-0.4, -0.2) is 20.6 Å². The summed E-state index contributed by atoms with van der Waals surface area (Å²) >= 11 is 0. The van der Waals surface area contributed by atoms with Gasteiger partial charge in [0.2, 0.25) is 5.91 Å². The first-order valence-corrected chi connectivity index (χ1v) is 5.80. The molecule has 2 N–H and O–H groups in total. The van der Waals surface area contributed by atoms with E-state index in [1.165, 1.54) is 24.3 Å². The Morgan fingerprint density at radius 1 is 1.19 bits per heavy atom. The number of nitro benzene ring substituents is 1. The fourth-order valence-corrected chi connectivity index (χ4v) is 1.59. The zero-order valence-corrected chi connectivity index (χ0v) is 10.6. The van der Waals surface area contributed by atoms with Gasteiger partial charge in [-0.05, 0) is 12.1 Å². The highest BCUT2D eigenvalue weighted by molar-refractivity contribution is 5.90. The molecule has 1 amide bonds. The second-order valence-electron chi connectivity index (χ2n) is 4.09. The van der Waals surface area contributed by atoms with Crippen LogP contribution in [0.25, 0.3) is 0 Å². The lowest BCUT2D eigenvalue weighted by Crippen LogP contribution is -2.32. The van der Waals surface area contributed by atoms with Crippen LogP contribution in [0, 0.1) is 10.1 Å². The molecule has 0 unspecified atom stereocenters. The Morgan fingerprint density at radius 3 is 2.48 bits per heavy atom. The number of aromatic nitrogens is 2. The van der Waals surface area contributed by atoms with Gasteiger partial charge >= 0.3 is 0 Å². The van der Waals surface area contributed by atoms with Crippen molar-refractivity contribution < 1.29 is 9.72 Å². The minimum Gasteiger partial charge on any atom is -0.324 e. The summed E-state index contributed by atoms with van der Waals surface area (Å²) in [5.74, 6) is -0.548. The van der Waals surface area contributed by atoms with Gasteiger partial charge in [0.15, 0.2) is 0 Å². The number of aromatic amines is 1. The number of nitrogens with zero attached hydrogens (tertiary/aromatic N) is 2. The number of anilines is 1. The lowest BCUT2D eigenvalue weighted by molar-refractivity contribution is -0.384. The number of carbonyl (C=O) groups excluding carboxylic acids is 1. The maximum absolute atomic E-state index is 11.7. The molecular formula is C12H10N4O5. The molecule has 2 aromatic rings. The first-order chi connectivity index (χ1) is 9.95. The smallest absolute Gasteiger partial charge is 0.269 e. The summed E-state index contributed by atoms with van der Waals surface area (Å²) in [4.78, 5) is 44.2. The molecule has 0 aliphatic rings. The van der Waals surface area contributed by atoms with Crippen LogP contribution in [0.1, 0.15) is 0 Å². The van der Waals surface area contributed by atoms with Crippen LogP contribution in [0.3, 0.4) is 0 Å². The number of amides is 1. The Kier molecular flexibility index (Phi) is 3.93. The Morgan fingerprint density at radius 2 is 1.86 bits per heavy atom. The van der Waals surface area contributed by atoms with Gasteiger partial charge in [0, 0.05) is 30.0 Å². The molecule has 108 valence electrons. The average Bonchev–Trinajstić information content (AvgIpc) is 2.43. The lowest BCUT2D eigenvalue weighted by atomic mass is 10.3. The minimum atomic E-state index is -0.556. The summed E-state index contributed by atoms with van der Waals surface area (Å²) in [6.07, 6.45) is 0. The number of hydrogen-bond acceptors (Lipinski definition) is 5. The summed E-state index contributed by atoms with van der Waals surface area (Å²) in [5, 5.41) is 15.2. The first kappa shape index (κ1) is 14.2. The Bertz CT molecular complexity index is 790. The quantitative estimate of drug-likeness (QED) is 0.609. The van der Waals surface area contributed by atoms with Gasteiger partial charge in [-0.3, -0.25) is 29.6 Å². The molecule has 0 aliphatic carbocycles. The van der Waals surface area contributed by atoms with Gasteiger partial charge in [-0.2, -0.15) is 0 Å². The van der Waals surface area contributed by atoms with Gasteiger partial charge in [0.1, 0.15) is 6.54 Å². The van der Waals surface area contributed by atoms with E-state index in [1.54, 1.807) is 0 Å². The highest BCUT2D eigenvalue weighted by Crippen LogP contribution is 2.15. The number of nitro groups is 1. The highest BCUT2D eigenvalue weighted by Gasteiger charge is 2.08. The van der Waals surface area contributed by atoms with E-state index in [1.807, 2.05) is 0 Å². The molecule has 9 heteroatoms. The van der Waals surface area contributed by atoms with Crippen molar-refractivity contribution in [2.45, 2.75) is 6.54 Å². The summed E-state index contributed by atoms with van der Waals surface area (Å²) < 4.78 is 0.864. The number of benzene rings is 1. The van der Waals surface area contributed by atoms with Crippen LogP contribution in [0.2, 0.25) is 0 Å². The largest absolute Gasteiger partial charge is 0.324 e. The van der Waals surface area contributed by atoms with Crippen molar-refractivity contribution in [2.24, 2.45) is 0 Å². The van der Waals surface area contributed by atoms with Crippen LogP contribution in [-0.2, 0) is 11.3 Å². The van der Waals surface area contributed by atoms with Crippen molar-refractivity contribution in [1.29, 1.82) is 0 Å². The second kappa shape index (κ2) is 5.82. The van der Waals surface area contributed by atoms with Crippen LogP contribution in [0.15, 0.2) is 46.0 Å². The van der Waals surface area contributed by atoms with Crippen molar-refractivity contribution in [2.75, 3.05) is 5.32 Å². The molecule has 1 aromatic carbocycles. The third-order valence-electron chi connectivity index (χ3n) is 2.55. The van der Waals surface area contributed by atoms with Crippen LogP contribution in [0.5, 0.6) is 0 Å². The number of non-ortho nitro benzene ring substituents is 1. The fraction of sp³-hybridized carbons (Fsp3) is 0.0833. The van der Waals surface area contributed by atoms with E-state index in [2.05, 4.69) is 10.4 Å². The SMILES string of the molecule is O=C(Cn1[nH]c(=O)ccc1=O)Nc1ccc([N+](=O)[O-])cc1. The van der Waals surface area contributed by atoms with E-state index in [-0.39, 0.29) is 12.2 Å². The molecule has 0 saturated carbocycles. The van der Waals surface area contributed by atoms with Gasteiger partial charge in [0.05, 0.1) is 4.92 Å². The van der Waals surface area contributed by atoms with Crippen LogP contribution >= 0.6 is 0 Å². The summed E-state index contributed by atoms with van der Waals surface area (Å²) in [6.45, 7) is -0.369. The van der Waals surface area contributed by atoms with Crippen molar-refractivity contribution in [3.8, 4) is 0 Å². The second-order valence-corrected chi connectivity index (χ2v) is 4.09. The first-order valence-electron chi connectivity index (χ1n) is 5.80. The predicted molar refractivity (Wildman–Crippen MR) is 73.0 cm³/mol. The zero-order chi connectivity index (χ0) is 15.4. The molecule has 0 radical (unpaired) electrons. The van der Waals surface area contributed by atoms with E-state index in [0.29, 0.717) is 5.69 Å². The number of rotatable bonds is 4. The molecule has 2 rings (SSSR count). The maximum Gasteiger partial charge on any atom is 0.269 e. The van der Waals surface area contributed by atoms with Crippen molar-refractivity contribution in [1.82, 2.24) is 9.78 Å². The minimum absolute atomic E-state index is 0.100. The Balaban J connectivity index is 2.08. The number of hydrogen-bond donors (Lipinski definition) is 2. The van der Waals surface area contributed by atoms with Crippen LogP contribution < -0.4 is 16.4 Å². The van der Waals surface area contributed by atoms with Crippen molar-refractivity contribution in [3.05, 3.63) is 67.2 Å². The zero-order valence-electron chi connectivity index (χ0n) is 10.6. The van der Waals surface area contributed by atoms with E-state index in [0.717, 1.165) is 16.8 Å².